The van der Waals surface area contributed by atoms with Crippen LogP contribution in [-0.2, 0) is 21.4 Å². The maximum atomic E-state index is 13.3. The highest BCUT2D eigenvalue weighted by molar-refractivity contribution is 7.89. The van der Waals surface area contributed by atoms with Crippen LogP contribution < -0.4 is 10.3 Å². The Morgan fingerprint density at radius 2 is 1.73 bits per heavy atom. The smallest absolute Gasteiger partial charge is 0.250 e. The van der Waals surface area contributed by atoms with Gasteiger partial charge in [-0.1, -0.05) is 6.07 Å². The second-order valence-electron chi connectivity index (χ2n) is 9.30. The van der Waals surface area contributed by atoms with E-state index in [0.717, 1.165) is 12.1 Å². The third-order valence-electron chi connectivity index (χ3n) is 7.29. The molecule has 176 valence electrons. The number of benzene rings is 1. The number of likely N-dealkylation sites (tertiary alicyclic amines) is 1. The number of hydrogen-bond acceptors (Lipinski definition) is 5. The number of pyridine rings is 1. The van der Waals surface area contributed by atoms with Gasteiger partial charge in [0.2, 0.25) is 15.9 Å². The number of fused-ring (bicyclic) bond motifs is 4. The fraction of sp³-hybridized carbons (Fsp3) is 0.500. The fourth-order valence-electron chi connectivity index (χ4n) is 5.57. The van der Waals surface area contributed by atoms with Gasteiger partial charge in [0.1, 0.15) is 5.75 Å². The quantitative estimate of drug-likeness (QED) is 0.680. The molecule has 0 spiro atoms. The molecule has 0 radical (unpaired) electrons. The van der Waals surface area contributed by atoms with E-state index in [1.165, 1.54) is 4.31 Å². The van der Waals surface area contributed by atoms with Crippen LogP contribution in [0, 0.1) is 11.8 Å². The standard InChI is InChI=1S/C24H29N3O5S/c1-32-20-5-7-21(8-6-20)33(30,31)26-11-9-18(10-12-26)24(29)25-14-17-13-19(16-25)22-3-2-4-23(28)27(22)15-17/h2-8,17-19H,9-16H2,1H3/t17-,19+/m1/s1. The van der Waals surface area contributed by atoms with Crippen molar-refractivity contribution in [2.24, 2.45) is 11.8 Å². The van der Waals surface area contributed by atoms with Crippen LogP contribution in [0.3, 0.4) is 0 Å². The van der Waals surface area contributed by atoms with Gasteiger partial charge in [0.15, 0.2) is 0 Å². The largest absolute Gasteiger partial charge is 0.497 e. The molecule has 4 heterocycles. The van der Waals surface area contributed by atoms with E-state index in [1.807, 2.05) is 15.5 Å². The first kappa shape index (κ1) is 22.2. The number of aromatic nitrogens is 1. The lowest BCUT2D eigenvalue weighted by Gasteiger charge is -2.44. The zero-order valence-electron chi connectivity index (χ0n) is 18.7. The first-order valence-corrected chi connectivity index (χ1v) is 12.9. The van der Waals surface area contributed by atoms with Gasteiger partial charge < -0.3 is 14.2 Å². The summed E-state index contributed by atoms with van der Waals surface area (Å²) in [5.41, 5.74) is 1.06. The summed E-state index contributed by atoms with van der Waals surface area (Å²) in [4.78, 5) is 27.8. The lowest BCUT2D eigenvalue weighted by Crippen LogP contribution is -2.52. The first-order chi connectivity index (χ1) is 15.9. The lowest BCUT2D eigenvalue weighted by atomic mass is 9.82. The SMILES string of the molecule is COc1ccc(S(=O)(=O)N2CCC(C(=O)N3C[C@H]4C[C@@H](C3)c3cccc(=O)n3C4)CC2)cc1. The molecule has 0 N–H and O–H groups in total. The van der Waals surface area contributed by atoms with Gasteiger partial charge in [-0.25, -0.2) is 8.42 Å². The highest BCUT2D eigenvalue weighted by atomic mass is 32.2. The summed E-state index contributed by atoms with van der Waals surface area (Å²) in [6.07, 6.45) is 2.05. The second-order valence-corrected chi connectivity index (χ2v) is 11.2. The molecule has 0 unspecified atom stereocenters. The second kappa shape index (κ2) is 8.61. The highest BCUT2D eigenvalue weighted by Gasteiger charge is 2.39. The van der Waals surface area contributed by atoms with Crippen LogP contribution in [0.25, 0.3) is 0 Å². The fourth-order valence-corrected chi connectivity index (χ4v) is 7.04. The molecule has 1 amide bonds. The van der Waals surface area contributed by atoms with Gasteiger partial charge >= 0.3 is 0 Å². The molecule has 2 bridgehead atoms. The number of nitrogens with zero attached hydrogens (tertiary/aromatic N) is 3. The van der Waals surface area contributed by atoms with Gasteiger partial charge in [0.05, 0.1) is 12.0 Å². The van der Waals surface area contributed by atoms with E-state index in [9.17, 15) is 18.0 Å². The van der Waals surface area contributed by atoms with E-state index in [2.05, 4.69) is 0 Å². The number of ether oxygens (including phenoxy) is 1. The van der Waals surface area contributed by atoms with Crippen molar-refractivity contribution in [3.63, 3.8) is 0 Å². The van der Waals surface area contributed by atoms with E-state index in [4.69, 9.17) is 4.74 Å². The number of sulfonamides is 1. The summed E-state index contributed by atoms with van der Waals surface area (Å²) in [7, 11) is -2.05. The van der Waals surface area contributed by atoms with Crippen molar-refractivity contribution in [1.29, 1.82) is 0 Å². The molecule has 2 aromatic rings. The maximum absolute atomic E-state index is 13.3. The summed E-state index contributed by atoms with van der Waals surface area (Å²) in [6.45, 7) is 2.63. The molecular weight excluding hydrogens is 442 g/mol. The summed E-state index contributed by atoms with van der Waals surface area (Å²) in [5, 5.41) is 0. The number of methoxy groups -OCH3 is 1. The summed E-state index contributed by atoms with van der Waals surface area (Å²) in [5.74, 6) is 1.04. The number of carbonyl (C=O) groups is 1. The number of carbonyl (C=O) groups excluding carboxylic acids is 1. The Morgan fingerprint density at radius 3 is 2.42 bits per heavy atom. The van der Waals surface area contributed by atoms with Crippen LogP contribution in [-0.4, -0.2) is 61.4 Å². The Balaban J connectivity index is 1.23. The number of amides is 1. The normalized spacial score (nSPS) is 23.7. The molecule has 2 saturated heterocycles. The van der Waals surface area contributed by atoms with E-state index in [-0.39, 0.29) is 34.1 Å². The highest BCUT2D eigenvalue weighted by Crippen LogP contribution is 2.36. The van der Waals surface area contributed by atoms with Crippen molar-refractivity contribution >= 4 is 15.9 Å². The van der Waals surface area contributed by atoms with Crippen molar-refractivity contribution in [3.05, 3.63) is 58.5 Å². The van der Waals surface area contributed by atoms with Gasteiger partial charge in [0, 0.05) is 56.3 Å². The summed E-state index contributed by atoms with van der Waals surface area (Å²) >= 11 is 0. The Kier molecular flexibility index (Phi) is 5.78. The van der Waals surface area contributed by atoms with Crippen molar-refractivity contribution in [2.45, 2.75) is 36.6 Å². The van der Waals surface area contributed by atoms with E-state index >= 15 is 0 Å². The molecule has 2 fully saturated rings. The third kappa shape index (κ3) is 4.08. The van der Waals surface area contributed by atoms with Crippen LogP contribution in [0.4, 0.5) is 0 Å². The summed E-state index contributed by atoms with van der Waals surface area (Å²) < 4.78 is 34.5. The molecule has 5 rings (SSSR count). The number of hydrogen-bond donors (Lipinski definition) is 0. The molecule has 1 aromatic carbocycles. The molecule has 33 heavy (non-hydrogen) atoms. The lowest BCUT2D eigenvalue weighted by molar-refractivity contribution is -0.139. The average molecular weight is 472 g/mol. The van der Waals surface area contributed by atoms with Crippen molar-refractivity contribution in [3.8, 4) is 5.75 Å². The molecule has 2 atom stereocenters. The monoisotopic (exact) mass is 471 g/mol. The molecule has 1 aromatic heterocycles. The van der Waals surface area contributed by atoms with Crippen LogP contribution in [0.15, 0.2) is 52.2 Å². The van der Waals surface area contributed by atoms with Gasteiger partial charge in [-0.2, -0.15) is 4.31 Å². The van der Waals surface area contributed by atoms with Gasteiger partial charge in [-0.05, 0) is 55.5 Å². The zero-order chi connectivity index (χ0) is 23.2. The predicted molar refractivity (Wildman–Crippen MR) is 123 cm³/mol. The molecule has 8 nitrogen and oxygen atoms in total. The van der Waals surface area contributed by atoms with Crippen LogP contribution in [0.1, 0.15) is 30.9 Å². The molecule has 0 saturated carbocycles. The predicted octanol–water partition coefficient (Wildman–Crippen LogP) is 1.90. The molecular formula is C24H29N3O5S. The topological polar surface area (TPSA) is 88.9 Å². The molecule has 3 aliphatic rings. The third-order valence-corrected chi connectivity index (χ3v) is 9.20. The van der Waals surface area contributed by atoms with E-state index < -0.39 is 10.0 Å². The van der Waals surface area contributed by atoms with Crippen LogP contribution >= 0.6 is 0 Å². The first-order valence-electron chi connectivity index (χ1n) is 11.5. The Hall–Kier alpha value is -2.65. The number of piperidine rings is 2. The van der Waals surface area contributed by atoms with Crippen molar-refractivity contribution in [2.75, 3.05) is 33.3 Å². The van der Waals surface area contributed by atoms with Crippen molar-refractivity contribution < 1.29 is 17.9 Å². The average Bonchev–Trinajstić information content (AvgIpc) is 2.84. The van der Waals surface area contributed by atoms with E-state index in [1.54, 1.807) is 43.5 Å². The minimum atomic E-state index is -3.59. The Bertz CT molecular complexity index is 1200. The summed E-state index contributed by atoms with van der Waals surface area (Å²) in [6, 6.07) is 11.8. The zero-order valence-corrected chi connectivity index (χ0v) is 19.5. The van der Waals surface area contributed by atoms with Crippen molar-refractivity contribution in [1.82, 2.24) is 13.8 Å². The minimum Gasteiger partial charge on any atom is -0.497 e. The van der Waals surface area contributed by atoms with Gasteiger partial charge in [-0.15, -0.1) is 0 Å². The van der Waals surface area contributed by atoms with E-state index in [0.29, 0.717) is 51.3 Å². The van der Waals surface area contributed by atoms with Crippen LogP contribution in [0.2, 0.25) is 0 Å². The van der Waals surface area contributed by atoms with Gasteiger partial charge in [0.25, 0.3) is 5.56 Å². The Labute approximate surface area is 193 Å². The van der Waals surface area contributed by atoms with Crippen LogP contribution in [0.5, 0.6) is 5.75 Å². The molecule has 9 heteroatoms. The molecule has 0 aliphatic carbocycles. The minimum absolute atomic E-state index is 0.0346. The molecule has 3 aliphatic heterocycles. The Morgan fingerprint density at radius 1 is 1.00 bits per heavy atom. The number of rotatable bonds is 4. The van der Waals surface area contributed by atoms with Gasteiger partial charge in [-0.3, -0.25) is 9.59 Å². The maximum Gasteiger partial charge on any atom is 0.250 e.